The molecule has 6 nitrogen and oxygen atoms in total. The largest absolute Gasteiger partial charge is 0.351 e. The Balaban J connectivity index is 2.12. The number of rotatable bonds is 2. The zero-order valence-corrected chi connectivity index (χ0v) is 11.5. The molecule has 1 aromatic rings. The Morgan fingerprint density at radius 1 is 1.20 bits per heavy atom. The lowest BCUT2D eigenvalue weighted by molar-refractivity contribution is -0.129. The molecule has 0 aliphatic carbocycles. The molecule has 0 saturated carbocycles. The lowest BCUT2D eigenvalue weighted by atomic mass is 10.3. The highest BCUT2D eigenvalue weighted by atomic mass is 19.1. The molecule has 1 fully saturated rings. The number of nitrogens with one attached hydrogen (secondary N) is 1. The van der Waals surface area contributed by atoms with Gasteiger partial charge in [-0.2, -0.15) is 0 Å². The van der Waals surface area contributed by atoms with Gasteiger partial charge < -0.3 is 15.1 Å². The van der Waals surface area contributed by atoms with Crippen LogP contribution in [0.5, 0.6) is 0 Å². The van der Waals surface area contributed by atoms with Crippen molar-refractivity contribution in [3.8, 4) is 0 Å². The Kier molecular flexibility index (Phi) is 4.16. The number of carbonyl (C=O) groups is 2. The second-order valence-corrected chi connectivity index (χ2v) is 4.68. The number of anilines is 2. The molecule has 0 spiro atoms. The summed E-state index contributed by atoms with van der Waals surface area (Å²) in [6, 6.07) is 2.71. The second kappa shape index (κ2) is 5.85. The number of aromatic nitrogens is 1. The van der Waals surface area contributed by atoms with Gasteiger partial charge in [0.25, 0.3) is 0 Å². The zero-order valence-electron chi connectivity index (χ0n) is 11.5. The van der Waals surface area contributed by atoms with Crippen LogP contribution in [0, 0.1) is 5.82 Å². The number of pyridine rings is 1. The van der Waals surface area contributed by atoms with Crippen molar-refractivity contribution in [1.82, 2.24) is 9.88 Å². The van der Waals surface area contributed by atoms with E-state index in [2.05, 4.69) is 10.3 Å². The lowest BCUT2D eigenvalue weighted by Gasteiger charge is -2.35. The van der Waals surface area contributed by atoms with Crippen LogP contribution in [0.2, 0.25) is 0 Å². The van der Waals surface area contributed by atoms with Crippen LogP contribution in [-0.2, 0) is 9.59 Å². The standard InChI is InChI=1S/C13H17FN4O2/c1-9(19)15-12-4-3-11(14)13(16-12)18-7-5-17(6-8-18)10(2)20/h3-4H,5-8H2,1-2H3,(H,15,16,19). The molecule has 1 aromatic heterocycles. The summed E-state index contributed by atoms with van der Waals surface area (Å²) in [5, 5.41) is 2.53. The number of piperazine rings is 1. The van der Waals surface area contributed by atoms with Crippen LogP contribution >= 0.6 is 0 Å². The topological polar surface area (TPSA) is 65.5 Å². The number of hydrogen-bond donors (Lipinski definition) is 1. The molecule has 0 aromatic carbocycles. The molecule has 0 unspecified atom stereocenters. The first-order valence-electron chi connectivity index (χ1n) is 6.42. The van der Waals surface area contributed by atoms with Gasteiger partial charge in [-0.05, 0) is 12.1 Å². The van der Waals surface area contributed by atoms with Crippen LogP contribution < -0.4 is 10.2 Å². The van der Waals surface area contributed by atoms with Crippen molar-refractivity contribution < 1.29 is 14.0 Å². The van der Waals surface area contributed by atoms with E-state index in [0.717, 1.165) is 0 Å². The molecule has 2 amide bonds. The number of halogens is 1. The van der Waals surface area contributed by atoms with E-state index in [1.54, 1.807) is 9.80 Å². The Labute approximate surface area is 116 Å². The van der Waals surface area contributed by atoms with Crippen LogP contribution in [-0.4, -0.2) is 47.9 Å². The summed E-state index contributed by atoms with van der Waals surface area (Å²) >= 11 is 0. The van der Waals surface area contributed by atoms with E-state index < -0.39 is 5.82 Å². The van der Waals surface area contributed by atoms with Crippen molar-refractivity contribution >= 4 is 23.5 Å². The third-order valence-corrected chi connectivity index (χ3v) is 3.16. The van der Waals surface area contributed by atoms with Gasteiger partial charge in [0.05, 0.1) is 0 Å². The Bertz CT molecular complexity index is 527. The summed E-state index contributed by atoms with van der Waals surface area (Å²) in [5.41, 5.74) is 0. The summed E-state index contributed by atoms with van der Waals surface area (Å²) in [6.45, 7) is 5.02. The van der Waals surface area contributed by atoms with Gasteiger partial charge in [0, 0.05) is 40.0 Å². The second-order valence-electron chi connectivity index (χ2n) is 4.68. The van der Waals surface area contributed by atoms with Gasteiger partial charge in [0.1, 0.15) is 5.82 Å². The fourth-order valence-electron chi connectivity index (χ4n) is 2.14. The molecule has 108 valence electrons. The average molecular weight is 280 g/mol. The van der Waals surface area contributed by atoms with Crippen LogP contribution in [0.25, 0.3) is 0 Å². The highest BCUT2D eigenvalue weighted by molar-refractivity contribution is 5.87. The predicted octanol–water partition coefficient (Wildman–Crippen LogP) is 0.848. The monoisotopic (exact) mass is 280 g/mol. The molecule has 1 saturated heterocycles. The van der Waals surface area contributed by atoms with Crippen molar-refractivity contribution in [2.45, 2.75) is 13.8 Å². The number of hydrogen-bond acceptors (Lipinski definition) is 4. The first kappa shape index (κ1) is 14.2. The first-order chi connectivity index (χ1) is 9.47. The highest BCUT2D eigenvalue weighted by Crippen LogP contribution is 2.20. The first-order valence-corrected chi connectivity index (χ1v) is 6.42. The minimum atomic E-state index is -0.435. The molecule has 20 heavy (non-hydrogen) atoms. The van der Waals surface area contributed by atoms with Crippen LogP contribution in [0.1, 0.15) is 13.8 Å². The Morgan fingerprint density at radius 3 is 2.40 bits per heavy atom. The van der Waals surface area contributed by atoms with E-state index in [9.17, 15) is 14.0 Å². The zero-order chi connectivity index (χ0) is 14.7. The Morgan fingerprint density at radius 2 is 1.85 bits per heavy atom. The maximum Gasteiger partial charge on any atom is 0.222 e. The molecule has 2 heterocycles. The highest BCUT2D eigenvalue weighted by Gasteiger charge is 2.22. The molecule has 2 rings (SSSR count). The van der Waals surface area contributed by atoms with Crippen molar-refractivity contribution in [1.29, 1.82) is 0 Å². The number of amides is 2. The van der Waals surface area contributed by atoms with Gasteiger partial charge in [-0.15, -0.1) is 0 Å². The Hall–Kier alpha value is -2.18. The summed E-state index contributed by atoms with van der Waals surface area (Å²) in [4.78, 5) is 29.9. The summed E-state index contributed by atoms with van der Waals surface area (Å²) in [7, 11) is 0. The number of nitrogens with zero attached hydrogens (tertiary/aromatic N) is 3. The fraction of sp³-hybridized carbons (Fsp3) is 0.462. The van der Waals surface area contributed by atoms with Gasteiger partial charge >= 0.3 is 0 Å². The van der Waals surface area contributed by atoms with E-state index in [4.69, 9.17) is 0 Å². The van der Waals surface area contributed by atoms with Gasteiger partial charge in [0.15, 0.2) is 11.6 Å². The van der Waals surface area contributed by atoms with E-state index >= 15 is 0 Å². The van der Waals surface area contributed by atoms with Crippen molar-refractivity contribution in [3.63, 3.8) is 0 Å². The average Bonchev–Trinajstić information content (AvgIpc) is 2.40. The summed E-state index contributed by atoms with van der Waals surface area (Å²) in [6.07, 6.45) is 0. The van der Waals surface area contributed by atoms with Crippen LogP contribution in [0.15, 0.2) is 12.1 Å². The molecule has 0 bridgehead atoms. The molecular weight excluding hydrogens is 263 g/mol. The fourth-order valence-corrected chi connectivity index (χ4v) is 2.14. The van der Waals surface area contributed by atoms with Crippen molar-refractivity contribution in [2.75, 3.05) is 36.4 Å². The lowest BCUT2D eigenvalue weighted by Crippen LogP contribution is -2.48. The molecule has 1 aliphatic heterocycles. The molecule has 1 aliphatic rings. The normalized spacial score (nSPS) is 15.2. The summed E-state index contributed by atoms with van der Waals surface area (Å²) < 4.78 is 13.8. The van der Waals surface area contributed by atoms with Crippen molar-refractivity contribution in [3.05, 3.63) is 17.9 Å². The third-order valence-electron chi connectivity index (χ3n) is 3.16. The maximum atomic E-state index is 13.8. The predicted molar refractivity (Wildman–Crippen MR) is 73.0 cm³/mol. The smallest absolute Gasteiger partial charge is 0.222 e. The molecule has 1 N–H and O–H groups in total. The van der Waals surface area contributed by atoms with Gasteiger partial charge in [-0.25, -0.2) is 9.37 Å². The minimum absolute atomic E-state index is 0.0186. The van der Waals surface area contributed by atoms with E-state index in [1.807, 2.05) is 0 Å². The van der Waals surface area contributed by atoms with Gasteiger partial charge in [-0.3, -0.25) is 9.59 Å². The van der Waals surface area contributed by atoms with E-state index in [-0.39, 0.29) is 17.6 Å². The van der Waals surface area contributed by atoms with Crippen LogP contribution in [0.4, 0.5) is 16.0 Å². The van der Waals surface area contributed by atoms with Gasteiger partial charge in [-0.1, -0.05) is 0 Å². The third kappa shape index (κ3) is 3.23. The minimum Gasteiger partial charge on any atom is -0.351 e. The SMILES string of the molecule is CC(=O)Nc1ccc(F)c(N2CCN(C(C)=O)CC2)n1. The maximum absolute atomic E-state index is 13.8. The quantitative estimate of drug-likeness (QED) is 0.872. The van der Waals surface area contributed by atoms with E-state index in [0.29, 0.717) is 32.0 Å². The summed E-state index contributed by atoms with van der Waals surface area (Å²) in [5.74, 6) is -0.140. The van der Waals surface area contributed by atoms with Crippen molar-refractivity contribution in [2.24, 2.45) is 0 Å². The van der Waals surface area contributed by atoms with E-state index in [1.165, 1.54) is 26.0 Å². The van der Waals surface area contributed by atoms with Gasteiger partial charge in [0.2, 0.25) is 11.8 Å². The molecule has 0 atom stereocenters. The number of carbonyl (C=O) groups excluding carboxylic acids is 2. The molecule has 0 radical (unpaired) electrons. The molecular formula is C13H17FN4O2. The molecule has 7 heteroatoms. The van der Waals surface area contributed by atoms with Crippen LogP contribution in [0.3, 0.4) is 0 Å².